The number of primary amides is 2. The van der Waals surface area contributed by atoms with Gasteiger partial charge in [-0.15, -0.1) is 0 Å². The summed E-state index contributed by atoms with van der Waals surface area (Å²) in [7, 11) is 0. The summed E-state index contributed by atoms with van der Waals surface area (Å²) in [5.41, 5.74) is 23.3. The maximum absolute atomic E-state index is 14.5. The number of aliphatic hydroxyl groups excluding tert-OH is 2. The van der Waals surface area contributed by atoms with Gasteiger partial charge in [-0.1, -0.05) is 97.9 Å². The Hall–Kier alpha value is -10.4. The first-order valence-corrected chi connectivity index (χ1v) is 35.4. The minimum absolute atomic E-state index is 0.0113. The second-order valence-corrected chi connectivity index (χ2v) is 27.9. The molecule has 0 saturated heterocycles. The Balaban J connectivity index is 2.44. The van der Waals surface area contributed by atoms with Crippen LogP contribution in [0.25, 0.3) is 0 Å². The Labute approximate surface area is 621 Å². The number of carboxylic acid groups (broad SMARTS) is 1. The molecule has 15 amide bonds. The highest BCUT2D eigenvalue weighted by molar-refractivity contribution is 6.01. The number of benzene rings is 2. The van der Waals surface area contributed by atoms with Gasteiger partial charge in [-0.2, -0.15) is 0 Å². The van der Waals surface area contributed by atoms with E-state index in [0.717, 1.165) is 0 Å². The van der Waals surface area contributed by atoms with Crippen LogP contribution in [0.1, 0.15) is 138 Å². The molecule has 2 aromatic rings. The van der Waals surface area contributed by atoms with Gasteiger partial charge in [0, 0.05) is 12.8 Å². The molecule has 0 aliphatic carbocycles. The number of aliphatic hydroxyl groups is 2. The Bertz CT molecular complexity index is 3340. The Morgan fingerprint density at radius 1 is 0.364 bits per heavy atom. The lowest BCUT2D eigenvalue weighted by Gasteiger charge is -2.29. The number of nitrogens with one attached hydrogen (secondary N) is 13. The molecule has 0 spiro atoms. The fourth-order valence-electron chi connectivity index (χ4n) is 10.6. The zero-order valence-corrected chi connectivity index (χ0v) is 62.2. The first-order chi connectivity index (χ1) is 50.2. The van der Waals surface area contributed by atoms with Crippen molar-refractivity contribution in [3.05, 3.63) is 65.7 Å². The zero-order chi connectivity index (χ0) is 80.9. The van der Waals surface area contributed by atoms with Crippen LogP contribution < -0.4 is 92.1 Å². The van der Waals surface area contributed by atoms with E-state index in [1.54, 1.807) is 85.7 Å². The number of rotatable bonds is 49. The number of carbonyl (C=O) groups is 16. The molecule has 0 aliphatic rings. The molecule has 0 unspecified atom stereocenters. The fourth-order valence-corrected chi connectivity index (χ4v) is 10.6. The summed E-state index contributed by atoms with van der Waals surface area (Å²) < 4.78 is 0. The number of hydrogen-bond acceptors (Lipinski definition) is 21. The Morgan fingerprint density at radius 3 is 1.06 bits per heavy atom. The van der Waals surface area contributed by atoms with Crippen LogP contribution in [0.3, 0.4) is 0 Å². The zero-order valence-electron chi connectivity index (χ0n) is 62.2. The quantitative estimate of drug-likeness (QED) is 0.0275. The van der Waals surface area contributed by atoms with E-state index in [0.29, 0.717) is 24.0 Å². The molecule has 0 bridgehead atoms. The van der Waals surface area contributed by atoms with Gasteiger partial charge in [0.15, 0.2) is 0 Å². The van der Waals surface area contributed by atoms with E-state index in [4.69, 9.17) is 28.0 Å². The number of unbranched alkanes of at least 4 members (excludes halogenated alkanes) is 1. The van der Waals surface area contributed by atoms with Crippen molar-refractivity contribution in [1.82, 2.24) is 69.1 Å². The molecule has 2 rings (SSSR count). The van der Waals surface area contributed by atoms with Crippen molar-refractivity contribution in [3.8, 4) is 5.75 Å². The second kappa shape index (κ2) is 47.2. The summed E-state index contributed by atoms with van der Waals surface area (Å²) in [6, 6.07) is -6.13. The van der Waals surface area contributed by atoms with Crippen molar-refractivity contribution < 1.29 is 97.1 Å². The van der Waals surface area contributed by atoms with Gasteiger partial charge < -0.3 is 112 Å². The van der Waals surface area contributed by atoms with Crippen molar-refractivity contribution in [2.75, 3.05) is 26.3 Å². The average molecular weight is 1510 g/mol. The lowest BCUT2D eigenvalue weighted by Crippen LogP contribution is -2.61. The van der Waals surface area contributed by atoms with E-state index >= 15 is 0 Å². The molecule has 107 heavy (non-hydrogen) atoms. The molecule has 0 fully saturated rings. The molecular weight excluding hydrogens is 1400 g/mol. The van der Waals surface area contributed by atoms with Crippen LogP contribution in [0.4, 0.5) is 0 Å². The van der Waals surface area contributed by atoms with E-state index in [1.165, 1.54) is 38.1 Å². The van der Waals surface area contributed by atoms with Crippen LogP contribution >= 0.6 is 0 Å². The number of nitrogens with two attached hydrogens (primary N) is 4. The summed E-state index contributed by atoms with van der Waals surface area (Å²) in [6.07, 6.45) is -1.53. The molecule has 0 heterocycles. The van der Waals surface area contributed by atoms with E-state index in [-0.39, 0.29) is 75.0 Å². The first kappa shape index (κ1) is 92.7. The van der Waals surface area contributed by atoms with E-state index < -0.39 is 212 Å². The van der Waals surface area contributed by atoms with E-state index in [2.05, 4.69) is 69.1 Å². The number of aromatic hydroxyl groups is 1. The van der Waals surface area contributed by atoms with Crippen molar-refractivity contribution in [1.29, 1.82) is 0 Å². The molecule has 0 aromatic heterocycles. The Morgan fingerprint density at radius 2 is 0.682 bits per heavy atom. The van der Waals surface area contributed by atoms with Gasteiger partial charge in [0.05, 0.1) is 26.1 Å². The third-order valence-electron chi connectivity index (χ3n) is 16.2. The largest absolute Gasteiger partial charge is 0.508 e. The summed E-state index contributed by atoms with van der Waals surface area (Å²) in [5, 5.41) is 70.8. The summed E-state index contributed by atoms with van der Waals surface area (Å²) >= 11 is 0. The highest BCUT2D eigenvalue weighted by Gasteiger charge is 2.38. The van der Waals surface area contributed by atoms with Gasteiger partial charge in [-0.3, -0.25) is 76.7 Å². The van der Waals surface area contributed by atoms with Crippen molar-refractivity contribution in [2.45, 2.75) is 218 Å². The molecule has 37 heteroatoms. The van der Waals surface area contributed by atoms with Crippen LogP contribution in [-0.2, 0) is 89.6 Å². The highest BCUT2D eigenvalue weighted by Crippen LogP contribution is 2.16. The maximum Gasteiger partial charge on any atom is 0.322 e. The number of carbonyl (C=O) groups excluding carboxylic acids is 15. The van der Waals surface area contributed by atoms with E-state index in [1.807, 2.05) is 0 Å². The number of phenols is 1. The standard InChI is InChI=1S/C70H111N17O20/c1-35(2)24-46(80-60(97)44(72)33-88)64(101)78-45(18-14-15-23-71)61(98)81-47(25-36(3)4)65(102)82-49(27-38(7)8)67(104)87-54(34-89)70(107)86-53(31-56(74)92)69(106)83-48(26-37(5)6)66(103)84-50(28-41-16-12-11-13-17-41)63(100)77-40(10)59(96)79-52(30-55(73)91)68(105)85-51(29-42-19-21-43(90)22-20-42)62(99)76-39(9)58(95)75-32-57(93)94/h11-13,16-17,19-22,35-40,44-54,88-90H,14-15,18,23-34,71-72H2,1-10H3,(H2,73,91)(H2,74,92)(H,75,95)(H,76,99)(H,77,100)(H,78,101)(H,79,96)(H,80,97)(H,81,98)(H,82,102)(H,83,106)(H,84,103)(H,85,105)(H,86,107)(H,87,104)(H,93,94)/t39-,40-,44-,45-,46-,47-,48-,49-,50-,51-,52-,53-,54-/m0/s1. The second-order valence-electron chi connectivity index (χ2n) is 27.9. The minimum atomic E-state index is -1.90. The molecule has 37 nitrogen and oxygen atoms in total. The van der Waals surface area contributed by atoms with Crippen molar-refractivity contribution in [2.24, 2.45) is 46.6 Å². The predicted molar refractivity (Wildman–Crippen MR) is 388 cm³/mol. The summed E-state index contributed by atoms with van der Waals surface area (Å²) in [6.45, 7) is 14.0. The topological polar surface area (TPSA) is 615 Å². The molecule has 2 aromatic carbocycles. The highest BCUT2D eigenvalue weighted by atomic mass is 16.4. The first-order valence-electron chi connectivity index (χ1n) is 35.4. The number of hydrogen-bond donors (Lipinski definition) is 21. The van der Waals surface area contributed by atoms with Gasteiger partial charge in [0.25, 0.3) is 0 Å². The minimum Gasteiger partial charge on any atom is -0.508 e. The lowest BCUT2D eigenvalue weighted by atomic mass is 9.99. The fraction of sp³-hybridized carbons (Fsp3) is 0.600. The van der Waals surface area contributed by atoms with Crippen LogP contribution in [0.5, 0.6) is 5.75 Å². The van der Waals surface area contributed by atoms with Gasteiger partial charge in [-0.05, 0) is 112 Å². The van der Waals surface area contributed by atoms with E-state index in [9.17, 15) is 92.0 Å². The van der Waals surface area contributed by atoms with Gasteiger partial charge >= 0.3 is 5.97 Å². The van der Waals surface area contributed by atoms with Crippen molar-refractivity contribution in [3.63, 3.8) is 0 Å². The van der Waals surface area contributed by atoms with Gasteiger partial charge in [-0.25, -0.2) is 0 Å². The van der Waals surface area contributed by atoms with Crippen LogP contribution in [0.15, 0.2) is 54.6 Å². The molecule has 596 valence electrons. The number of aliphatic carboxylic acids is 1. The lowest BCUT2D eigenvalue weighted by molar-refractivity contribution is -0.138. The molecule has 0 radical (unpaired) electrons. The average Bonchev–Trinajstić information content (AvgIpc) is 0.856. The summed E-state index contributed by atoms with van der Waals surface area (Å²) in [4.78, 5) is 216. The van der Waals surface area contributed by atoms with Crippen LogP contribution in [-0.4, -0.2) is 220 Å². The van der Waals surface area contributed by atoms with Gasteiger partial charge in [0.1, 0.15) is 90.8 Å². The third kappa shape index (κ3) is 35.5. The molecule has 25 N–H and O–H groups in total. The number of phenolic OH excluding ortho intramolecular Hbond substituents is 1. The predicted octanol–water partition coefficient (Wildman–Crippen LogP) is -5.39. The third-order valence-corrected chi connectivity index (χ3v) is 16.2. The SMILES string of the molecule is CC(C)C[C@H](NC(=O)[C@H](CC(N)=O)NC(=O)[C@H](CO)NC(=O)[C@H](CC(C)C)NC(=O)[C@H](CC(C)C)NC(=O)[C@H](CCCCN)NC(=O)[C@H](CC(C)C)NC(=O)[C@@H](N)CO)C(=O)N[C@@H](Cc1ccccc1)C(=O)N[C@@H](C)C(=O)N[C@@H](CC(N)=O)C(=O)N[C@@H](Cc1ccc(O)cc1)C(=O)N[C@@H](C)C(=O)NCC(=O)O. The summed E-state index contributed by atoms with van der Waals surface area (Å²) in [5.74, 6) is -17.6. The molecule has 0 aliphatic heterocycles. The number of carboxylic acids is 1. The Kier molecular flexibility index (Phi) is 40.9. The number of amides is 15. The van der Waals surface area contributed by atoms with Gasteiger partial charge in [0.2, 0.25) is 88.6 Å². The van der Waals surface area contributed by atoms with Crippen LogP contribution in [0.2, 0.25) is 0 Å². The van der Waals surface area contributed by atoms with Crippen molar-refractivity contribution >= 4 is 94.6 Å². The normalized spacial score (nSPS) is 14.9. The molecular formula is C70H111N17O20. The monoisotopic (exact) mass is 1510 g/mol. The maximum atomic E-state index is 14.5. The molecule has 0 saturated carbocycles. The molecule has 13 atom stereocenters. The van der Waals surface area contributed by atoms with Crippen LogP contribution in [0, 0.1) is 23.7 Å². The smallest absolute Gasteiger partial charge is 0.322 e.